The number of aromatic hydroxyl groups is 1. The topological polar surface area (TPSA) is 92.7 Å². The lowest BCUT2D eigenvalue weighted by Gasteiger charge is -2.08. The standard InChI is InChI=1S/C17H13F2NO5/c1-9(21)20-14-6-10(2-5-15(14)22)16(23)8-25-17(24)12-4-3-11(18)7-13(12)19/h2-7,22H,8H2,1H3,(H,20,21). The quantitative estimate of drug-likeness (QED) is 0.492. The van der Waals surface area contributed by atoms with Crippen molar-refractivity contribution in [3.8, 4) is 5.75 Å². The first kappa shape index (κ1) is 18.1. The van der Waals surface area contributed by atoms with E-state index in [-0.39, 0.29) is 17.0 Å². The van der Waals surface area contributed by atoms with Crippen LogP contribution in [-0.2, 0) is 9.53 Å². The molecular formula is C17H13F2NO5. The lowest BCUT2D eigenvalue weighted by molar-refractivity contribution is -0.114. The van der Waals surface area contributed by atoms with Gasteiger partial charge in [-0.2, -0.15) is 0 Å². The van der Waals surface area contributed by atoms with E-state index in [1.807, 2.05) is 0 Å². The average Bonchev–Trinajstić information content (AvgIpc) is 2.54. The van der Waals surface area contributed by atoms with Crippen LogP contribution in [0.3, 0.4) is 0 Å². The maximum Gasteiger partial charge on any atom is 0.341 e. The van der Waals surface area contributed by atoms with E-state index in [0.717, 1.165) is 12.1 Å². The van der Waals surface area contributed by atoms with Gasteiger partial charge in [0.1, 0.15) is 17.4 Å². The molecule has 0 aliphatic heterocycles. The molecule has 0 aliphatic carbocycles. The highest BCUT2D eigenvalue weighted by atomic mass is 19.1. The van der Waals surface area contributed by atoms with Gasteiger partial charge in [0.25, 0.3) is 0 Å². The number of amides is 1. The molecule has 0 fully saturated rings. The van der Waals surface area contributed by atoms with Crippen molar-refractivity contribution in [2.45, 2.75) is 6.92 Å². The van der Waals surface area contributed by atoms with Crippen LogP contribution in [0.4, 0.5) is 14.5 Å². The van der Waals surface area contributed by atoms with Crippen LogP contribution in [0.25, 0.3) is 0 Å². The molecular weight excluding hydrogens is 336 g/mol. The average molecular weight is 349 g/mol. The summed E-state index contributed by atoms with van der Waals surface area (Å²) in [5.74, 6) is -4.39. The molecule has 0 aromatic heterocycles. The van der Waals surface area contributed by atoms with Crippen molar-refractivity contribution in [3.63, 3.8) is 0 Å². The highest BCUT2D eigenvalue weighted by molar-refractivity contribution is 6.01. The molecule has 0 spiro atoms. The third kappa shape index (κ3) is 4.60. The number of benzene rings is 2. The van der Waals surface area contributed by atoms with Crippen molar-refractivity contribution in [1.29, 1.82) is 0 Å². The minimum atomic E-state index is -1.12. The molecule has 130 valence electrons. The summed E-state index contributed by atoms with van der Waals surface area (Å²) in [5, 5.41) is 11.9. The number of phenolic OH excluding ortho intramolecular Hbond substituents is 1. The molecule has 0 unspecified atom stereocenters. The summed E-state index contributed by atoms with van der Waals surface area (Å²) < 4.78 is 31.0. The van der Waals surface area contributed by atoms with Crippen LogP contribution in [0.15, 0.2) is 36.4 Å². The number of anilines is 1. The number of carbonyl (C=O) groups is 3. The number of nitrogens with one attached hydrogen (secondary N) is 1. The highest BCUT2D eigenvalue weighted by Gasteiger charge is 2.17. The number of hydrogen-bond acceptors (Lipinski definition) is 5. The van der Waals surface area contributed by atoms with Gasteiger partial charge in [0, 0.05) is 18.6 Å². The predicted molar refractivity (Wildman–Crippen MR) is 83.4 cm³/mol. The number of phenols is 1. The maximum atomic E-state index is 13.5. The predicted octanol–water partition coefficient (Wildman–Crippen LogP) is 2.67. The van der Waals surface area contributed by atoms with Gasteiger partial charge in [0.15, 0.2) is 12.4 Å². The Kier molecular flexibility index (Phi) is 5.43. The van der Waals surface area contributed by atoms with Crippen LogP contribution in [0.5, 0.6) is 5.75 Å². The van der Waals surface area contributed by atoms with E-state index in [2.05, 4.69) is 5.32 Å². The molecule has 1 amide bonds. The van der Waals surface area contributed by atoms with Crippen LogP contribution in [0.2, 0.25) is 0 Å². The Labute approximate surface area is 141 Å². The molecule has 0 aliphatic rings. The van der Waals surface area contributed by atoms with E-state index in [0.29, 0.717) is 6.07 Å². The zero-order valence-electron chi connectivity index (χ0n) is 13.0. The van der Waals surface area contributed by atoms with Crippen LogP contribution >= 0.6 is 0 Å². The summed E-state index contributed by atoms with van der Waals surface area (Å²) in [7, 11) is 0. The fourth-order valence-corrected chi connectivity index (χ4v) is 1.95. The van der Waals surface area contributed by atoms with Crippen molar-refractivity contribution in [2.75, 3.05) is 11.9 Å². The molecule has 25 heavy (non-hydrogen) atoms. The number of esters is 1. The summed E-state index contributed by atoms with van der Waals surface area (Å²) in [4.78, 5) is 34.8. The Morgan fingerprint density at radius 2 is 1.84 bits per heavy atom. The minimum Gasteiger partial charge on any atom is -0.506 e. The molecule has 6 nitrogen and oxygen atoms in total. The molecule has 2 aromatic carbocycles. The van der Waals surface area contributed by atoms with Gasteiger partial charge in [-0.3, -0.25) is 9.59 Å². The van der Waals surface area contributed by atoms with Gasteiger partial charge in [-0.15, -0.1) is 0 Å². The van der Waals surface area contributed by atoms with Gasteiger partial charge in [-0.1, -0.05) is 0 Å². The number of rotatable bonds is 5. The largest absolute Gasteiger partial charge is 0.506 e. The van der Waals surface area contributed by atoms with Gasteiger partial charge < -0.3 is 15.2 Å². The third-order valence-electron chi connectivity index (χ3n) is 3.11. The zero-order valence-corrected chi connectivity index (χ0v) is 13.0. The summed E-state index contributed by atoms with van der Waals surface area (Å²) in [5.41, 5.74) is -0.415. The van der Waals surface area contributed by atoms with E-state index in [1.54, 1.807) is 0 Å². The summed E-state index contributed by atoms with van der Waals surface area (Å²) in [6.07, 6.45) is 0. The molecule has 2 N–H and O–H groups in total. The molecule has 0 bridgehead atoms. The van der Waals surface area contributed by atoms with Crippen molar-refractivity contribution < 1.29 is 33.0 Å². The first-order valence-corrected chi connectivity index (χ1v) is 7.04. The second-order valence-corrected chi connectivity index (χ2v) is 5.04. The molecule has 0 radical (unpaired) electrons. The van der Waals surface area contributed by atoms with Gasteiger partial charge in [-0.25, -0.2) is 13.6 Å². The Morgan fingerprint density at radius 1 is 1.12 bits per heavy atom. The lowest BCUT2D eigenvalue weighted by atomic mass is 10.1. The number of hydrogen-bond donors (Lipinski definition) is 2. The molecule has 8 heteroatoms. The van der Waals surface area contributed by atoms with Crippen LogP contribution in [-0.4, -0.2) is 29.4 Å². The molecule has 2 rings (SSSR count). The van der Waals surface area contributed by atoms with Gasteiger partial charge >= 0.3 is 5.97 Å². The van der Waals surface area contributed by atoms with Crippen molar-refractivity contribution in [3.05, 3.63) is 59.2 Å². The number of ether oxygens (including phenoxy) is 1. The van der Waals surface area contributed by atoms with Crippen LogP contribution in [0, 0.1) is 11.6 Å². The monoisotopic (exact) mass is 349 g/mol. The first-order valence-electron chi connectivity index (χ1n) is 7.04. The smallest absolute Gasteiger partial charge is 0.341 e. The van der Waals surface area contributed by atoms with E-state index >= 15 is 0 Å². The highest BCUT2D eigenvalue weighted by Crippen LogP contribution is 2.24. The number of ketones is 1. The summed E-state index contributed by atoms with van der Waals surface area (Å²) in [6.45, 7) is 0.535. The molecule has 0 saturated carbocycles. The second kappa shape index (κ2) is 7.52. The van der Waals surface area contributed by atoms with Crippen molar-refractivity contribution >= 4 is 23.3 Å². The van der Waals surface area contributed by atoms with Crippen LogP contribution < -0.4 is 5.32 Å². The number of Topliss-reactive ketones (excluding diaryl/α,β-unsaturated/α-hetero) is 1. The normalized spacial score (nSPS) is 10.2. The molecule has 2 aromatic rings. The van der Waals surface area contributed by atoms with E-state index in [9.17, 15) is 28.3 Å². The Bertz CT molecular complexity index is 851. The van der Waals surface area contributed by atoms with E-state index < -0.39 is 41.5 Å². The maximum absolute atomic E-state index is 13.5. The first-order chi connectivity index (χ1) is 11.8. The zero-order chi connectivity index (χ0) is 18.6. The summed E-state index contributed by atoms with van der Waals surface area (Å²) >= 11 is 0. The van der Waals surface area contributed by atoms with Gasteiger partial charge in [-0.05, 0) is 30.3 Å². The Balaban J connectivity index is 2.07. The third-order valence-corrected chi connectivity index (χ3v) is 3.11. The Hall–Kier alpha value is -3.29. The fraction of sp³-hybridized carbons (Fsp3) is 0.118. The van der Waals surface area contributed by atoms with Gasteiger partial charge in [0.2, 0.25) is 5.91 Å². The van der Waals surface area contributed by atoms with E-state index in [4.69, 9.17) is 4.74 Å². The lowest BCUT2D eigenvalue weighted by Crippen LogP contribution is -2.16. The molecule has 0 heterocycles. The van der Waals surface area contributed by atoms with Gasteiger partial charge in [0.05, 0.1) is 11.3 Å². The SMILES string of the molecule is CC(=O)Nc1cc(C(=O)COC(=O)c2ccc(F)cc2F)ccc1O. The summed E-state index contributed by atoms with van der Waals surface area (Å²) in [6, 6.07) is 6.01. The second-order valence-electron chi connectivity index (χ2n) is 5.04. The molecule has 0 saturated heterocycles. The van der Waals surface area contributed by atoms with Crippen LogP contribution in [0.1, 0.15) is 27.6 Å². The molecule has 0 atom stereocenters. The number of carbonyl (C=O) groups excluding carboxylic acids is 3. The fourth-order valence-electron chi connectivity index (χ4n) is 1.95. The van der Waals surface area contributed by atoms with E-state index in [1.165, 1.54) is 25.1 Å². The Morgan fingerprint density at radius 3 is 2.48 bits per heavy atom. The minimum absolute atomic E-state index is 0.0225. The van der Waals surface area contributed by atoms with Crippen molar-refractivity contribution in [1.82, 2.24) is 0 Å². The number of halogens is 2. The van der Waals surface area contributed by atoms with Crippen molar-refractivity contribution in [2.24, 2.45) is 0 Å².